The van der Waals surface area contributed by atoms with Crippen molar-refractivity contribution in [2.45, 2.75) is 25.3 Å². The third-order valence-electron chi connectivity index (χ3n) is 5.06. The van der Waals surface area contributed by atoms with E-state index in [0.717, 1.165) is 37.4 Å². The first kappa shape index (κ1) is 17.2. The molecule has 136 valence electrons. The van der Waals surface area contributed by atoms with Gasteiger partial charge in [0.05, 0.1) is 12.7 Å². The number of hydrogen-bond donors (Lipinski definition) is 1. The second kappa shape index (κ2) is 7.21. The average Bonchev–Trinajstić information content (AvgIpc) is 3.17. The molecule has 7 heteroatoms. The molecule has 0 saturated carbocycles. The summed E-state index contributed by atoms with van der Waals surface area (Å²) in [5, 5.41) is 3.85. The number of rotatable bonds is 3. The Balaban J connectivity index is 1.52. The number of halogens is 1. The van der Waals surface area contributed by atoms with Crippen LogP contribution in [0, 0.1) is 0 Å². The number of hydrogen-bond acceptors (Lipinski definition) is 5. The van der Waals surface area contributed by atoms with Crippen molar-refractivity contribution in [1.82, 2.24) is 20.2 Å². The maximum absolute atomic E-state index is 12.9. The highest BCUT2D eigenvalue weighted by Gasteiger charge is 2.31. The third kappa shape index (κ3) is 3.27. The first-order chi connectivity index (χ1) is 12.7. The summed E-state index contributed by atoms with van der Waals surface area (Å²) in [4.78, 5) is 24.1. The molecule has 2 aromatic rings. The van der Waals surface area contributed by atoms with Gasteiger partial charge < -0.3 is 15.0 Å². The lowest BCUT2D eigenvalue weighted by molar-refractivity contribution is 0.0787. The maximum atomic E-state index is 12.9. The number of carbonyl (C=O) groups excluding carboxylic acids is 1. The Labute approximate surface area is 157 Å². The van der Waals surface area contributed by atoms with Gasteiger partial charge in [-0.05, 0) is 24.6 Å². The Bertz CT molecular complexity index is 842. The van der Waals surface area contributed by atoms with Crippen molar-refractivity contribution in [2.75, 3.05) is 26.7 Å². The van der Waals surface area contributed by atoms with Crippen LogP contribution in [0.2, 0.25) is 5.02 Å². The highest BCUT2D eigenvalue weighted by Crippen LogP contribution is 2.30. The normalized spacial score (nSPS) is 19.3. The Morgan fingerprint density at radius 3 is 3.15 bits per heavy atom. The lowest BCUT2D eigenvalue weighted by atomic mass is 10.1. The number of nitrogens with zero attached hydrogens (tertiary/aromatic N) is 3. The van der Waals surface area contributed by atoms with Gasteiger partial charge in [-0.15, -0.1) is 0 Å². The van der Waals surface area contributed by atoms with Crippen molar-refractivity contribution in [3.8, 4) is 5.75 Å². The molecule has 1 fully saturated rings. The van der Waals surface area contributed by atoms with Gasteiger partial charge in [-0.25, -0.2) is 9.97 Å². The summed E-state index contributed by atoms with van der Waals surface area (Å²) in [6.07, 6.45) is 3.72. The smallest absolute Gasteiger partial charge is 0.257 e. The number of likely N-dealkylation sites (tertiary alicyclic amines) is 1. The van der Waals surface area contributed by atoms with Crippen LogP contribution < -0.4 is 10.1 Å². The number of amides is 1. The van der Waals surface area contributed by atoms with Crippen molar-refractivity contribution in [3.63, 3.8) is 0 Å². The SMILES string of the molecule is COc1ccc(Cl)cc1C(=O)N1CCC(c2ncc3c(n2)CCNC3)C1. The average molecular weight is 373 g/mol. The van der Waals surface area contributed by atoms with E-state index < -0.39 is 0 Å². The molecule has 1 aromatic carbocycles. The predicted octanol–water partition coefficient (Wildman–Crippen LogP) is 2.41. The van der Waals surface area contributed by atoms with Crippen LogP contribution in [0.25, 0.3) is 0 Å². The molecule has 2 aliphatic heterocycles. The maximum Gasteiger partial charge on any atom is 0.257 e. The van der Waals surface area contributed by atoms with Gasteiger partial charge in [-0.2, -0.15) is 0 Å². The van der Waals surface area contributed by atoms with Crippen molar-refractivity contribution in [3.05, 3.63) is 52.1 Å². The molecular formula is C19H21ClN4O2. The standard InChI is InChI=1S/C19H21ClN4O2/c1-26-17-3-2-14(20)8-15(17)19(25)24-7-5-12(11-24)18-22-10-13-9-21-6-4-16(13)23-18/h2-3,8,10,12,21H,4-7,9,11H2,1H3. The van der Waals surface area contributed by atoms with Crippen LogP contribution in [0.1, 0.15) is 39.8 Å². The third-order valence-corrected chi connectivity index (χ3v) is 5.29. The lowest BCUT2D eigenvalue weighted by Crippen LogP contribution is -2.29. The number of fused-ring (bicyclic) bond motifs is 1. The predicted molar refractivity (Wildman–Crippen MR) is 98.7 cm³/mol. The molecule has 0 aliphatic carbocycles. The van der Waals surface area contributed by atoms with E-state index in [1.165, 1.54) is 5.56 Å². The summed E-state index contributed by atoms with van der Waals surface area (Å²) in [5.74, 6) is 1.50. The number of benzene rings is 1. The van der Waals surface area contributed by atoms with E-state index in [1.807, 2.05) is 11.1 Å². The van der Waals surface area contributed by atoms with E-state index in [-0.39, 0.29) is 11.8 Å². The second-order valence-electron chi connectivity index (χ2n) is 6.71. The first-order valence-electron chi connectivity index (χ1n) is 8.84. The minimum atomic E-state index is -0.0611. The summed E-state index contributed by atoms with van der Waals surface area (Å²) in [6.45, 7) is 3.08. The lowest BCUT2D eigenvalue weighted by Gasteiger charge is -2.19. The molecular weight excluding hydrogens is 352 g/mol. The molecule has 1 saturated heterocycles. The van der Waals surface area contributed by atoms with Gasteiger partial charge in [0.15, 0.2) is 0 Å². The molecule has 3 heterocycles. The molecule has 4 rings (SSSR count). The molecule has 1 aromatic heterocycles. The Hall–Kier alpha value is -2.18. The zero-order chi connectivity index (χ0) is 18.1. The van der Waals surface area contributed by atoms with E-state index in [0.29, 0.717) is 29.4 Å². The largest absolute Gasteiger partial charge is 0.496 e. The fourth-order valence-corrected chi connectivity index (χ4v) is 3.79. The zero-order valence-electron chi connectivity index (χ0n) is 14.7. The van der Waals surface area contributed by atoms with Crippen molar-refractivity contribution in [1.29, 1.82) is 0 Å². The molecule has 1 amide bonds. The van der Waals surface area contributed by atoms with Crippen LogP contribution in [-0.2, 0) is 13.0 Å². The van der Waals surface area contributed by atoms with Gasteiger partial charge in [0.1, 0.15) is 11.6 Å². The fourth-order valence-electron chi connectivity index (χ4n) is 3.62. The van der Waals surface area contributed by atoms with Crippen LogP contribution in [0.5, 0.6) is 5.75 Å². The van der Waals surface area contributed by atoms with E-state index in [4.69, 9.17) is 21.3 Å². The number of carbonyl (C=O) groups is 1. The van der Waals surface area contributed by atoms with Gasteiger partial charge in [0.2, 0.25) is 0 Å². The van der Waals surface area contributed by atoms with Crippen LogP contribution in [0.4, 0.5) is 0 Å². The van der Waals surface area contributed by atoms with Crippen LogP contribution in [-0.4, -0.2) is 47.5 Å². The van der Waals surface area contributed by atoms with Crippen LogP contribution >= 0.6 is 11.6 Å². The van der Waals surface area contributed by atoms with E-state index in [9.17, 15) is 4.79 Å². The van der Waals surface area contributed by atoms with Crippen LogP contribution in [0.3, 0.4) is 0 Å². The minimum Gasteiger partial charge on any atom is -0.496 e. The Morgan fingerprint density at radius 1 is 1.42 bits per heavy atom. The molecule has 0 radical (unpaired) electrons. The van der Waals surface area contributed by atoms with Gasteiger partial charge in [0.25, 0.3) is 5.91 Å². The molecule has 0 spiro atoms. The van der Waals surface area contributed by atoms with E-state index in [1.54, 1.807) is 25.3 Å². The molecule has 0 bridgehead atoms. The fraction of sp³-hybridized carbons (Fsp3) is 0.421. The number of methoxy groups -OCH3 is 1. The second-order valence-corrected chi connectivity index (χ2v) is 7.14. The molecule has 2 aliphatic rings. The minimum absolute atomic E-state index is 0.0611. The van der Waals surface area contributed by atoms with Gasteiger partial charge in [0, 0.05) is 61.0 Å². The molecule has 6 nitrogen and oxygen atoms in total. The summed E-state index contributed by atoms with van der Waals surface area (Å²) in [5.41, 5.74) is 2.81. The van der Waals surface area contributed by atoms with Crippen molar-refractivity contribution in [2.24, 2.45) is 0 Å². The molecule has 1 unspecified atom stereocenters. The topological polar surface area (TPSA) is 67.3 Å². The van der Waals surface area contributed by atoms with E-state index >= 15 is 0 Å². The van der Waals surface area contributed by atoms with E-state index in [2.05, 4.69) is 10.3 Å². The van der Waals surface area contributed by atoms with Gasteiger partial charge >= 0.3 is 0 Å². The summed E-state index contributed by atoms with van der Waals surface area (Å²) < 4.78 is 5.32. The number of nitrogens with one attached hydrogen (secondary N) is 1. The molecule has 1 N–H and O–H groups in total. The Morgan fingerprint density at radius 2 is 2.31 bits per heavy atom. The van der Waals surface area contributed by atoms with Crippen molar-refractivity contribution >= 4 is 17.5 Å². The number of ether oxygens (including phenoxy) is 1. The summed E-state index contributed by atoms with van der Waals surface area (Å²) in [7, 11) is 1.56. The number of aromatic nitrogens is 2. The Kier molecular flexibility index (Phi) is 4.78. The highest BCUT2D eigenvalue weighted by molar-refractivity contribution is 6.31. The monoisotopic (exact) mass is 372 g/mol. The molecule has 1 atom stereocenters. The summed E-state index contributed by atoms with van der Waals surface area (Å²) in [6, 6.07) is 5.11. The van der Waals surface area contributed by atoms with Gasteiger partial charge in [-0.3, -0.25) is 4.79 Å². The highest BCUT2D eigenvalue weighted by atomic mass is 35.5. The van der Waals surface area contributed by atoms with Crippen molar-refractivity contribution < 1.29 is 9.53 Å². The molecule has 26 heavy (non-hydrogen) atoms. The van der Waals surface area contributed by atoms with Crippen LogP contribution in [0.15, 0.2) is 24.4 Å². The first-order valence-corrected chi connectivity index (χ1v) is 9.21. The summed E-state index contributed by atoms with van der Waals surface area (Å²) >= 11 is 6.07. The quantitative estimate of drug-likeness (QED) is 0.896. The van der Waals surface area contributed by atoms with Gasteiger partial charge in [-0.1, -0.05) is 11.6 Å². The zero-order valence-corrected chi connectivity index (χ0v) is 15.4.